The lowest BCUT2D eigenvalue weighted by Gasteiger charge is -2.08. The predicted octanol–water partition coefficient (Wildman–Crippen LogP) is 2.12. The topological polar surface area (TPSA) is 61.1 Å². The van der Waals surface area contributed by atoms with Gasteiger partial charge in [0.05, 0.1) is 6.61 Å². The van der Waals surface area contributed by atoms with Crippen molar-refractivity contribution in [2.75, 3.05) is 19.0 Å². The maximum Gasteiger partial charge on any atom is 0.266 e. The van der Waals surface area contributed by atoms with Crippen LogP contribution < -0.4 is 10.9 Å². The first-order valence-electron chi connectivity index (χ1n) is 7.06. The minimum atomic E-state index is -0.128. The van der Waals surface area contributed by atoms with Crippen LogP contribution in [0.1, 0.15) is 0 Å². The summed E-state index contributed by atoms with van der Waals surface area (Å²) in [7, 11) is 3.33. The van der Waals surface area contributed by atoms with E-state index in [2.05, 4.69) is 39.4 Å². The Morgan fingerprint density at radius 3 is 2.86 bits per heavy atom. The van der Waals surface area contributed by atoms with E-state index in [1.54, 1.807) is 20.2 Å². The number of methoxy groups -OCH3 is 1. The van der Waals surface area contributed by atoms with Crippen LogP contribution in [0.2, 0.25) is 0 Å². The fourth-order valence-electron chi connectivity index (χ4n) is 2.38. The fraction of sp³-hybridized carbons (Fsp3) is 0.250. The molecule has 114 valence electrons. The minimum Gasteiger partial charge on any atom is -0.383 e. The molecule has 2 heterocycles. The zero-order valence-electron chi connectivity index (χ0n) is 12.6. The summed E-state index contributed by atoms with van der Waals surface area (Å²) in [5.41, 5.74) is 1.97. The summed E-state index contributed by atoms with van der Waals surface area (Å²) in [4.78, 5) is 11.3. The van der Waals surface area contributed by atoms with Gasteiger partial charge in [0.1, 0.15) is 0 Å². The molecule has 0 radical (unpaired) electrons. The number of fused-ring (bicyclic) bond motifs is 1. The standard InChI is InChI=1S/C16H18N4O2/c1-19-16(21)6-5-15(18-19)17-13-3-4-14-12(11-13)7-8-20(14)9-10-22-2/h3-8,11H,9-10H2,1-2H3,(H,17,18). The first kappa shape index (κ1) is 14.3. The summed E-state index contributed by atoms with van der Waals surface area (Å²) in [5, 5.41) is 8.52. The third kappa shape index (κ3) is 2.87. The normalized spacial score (nSPS) is 11.0. The van der Waals surface area contributed by atoms with Crippen LogP contribution in [0.4, 0.5) is 11.5 Å². The zero-order valence-corrected chi connectivity index (χ0v) is 12.6. The van der Waals surface area contributed by atoms with Crippen molar-refractivity contribution in [2.24, 2.45) is 7.05 Å². The number of nitrogens with one attached hydrogen (secondary N) is 1. The Bertz CT molecular complexity index is 851. The number of anilines is 2. The van der Waals surface area contributed by atoms with Gasteiger partial charge in [0.2, 0.25) is 0 Å². The smallest absolute Gasteiger partial charge is 0.266 e. The van der Waals surface area contributed by atoms with Gasteiger partial charge in [-0.15, -0.1) is 0 Å². The van der Waals surface area contributed by atoms with Crippen LogP contribution >= 0.6 is 0 Å². The Morgan fingerprint density at radius 2 is 2.09 bits per heavy atom. The second-order valence-electron chi connectivity index (χ2n) is 5.08. The molecule has 6 nitrogen and oxygen atoms in total. The lowest BCUT2D eigenvalue weighted by Crippen LogP contribution is -2.18. The summed E-state index contributed by atoms with van der Waals surface area (Å²) in [6.07, 6.45) is 2.05. The Labute approximate surface area is 127 Å². The molecule has 1 N–H and O–H groups in total. The second-order valence-corrected chi connectivity index (χ2v) is 5.08. The van der Waals surface area contributed by atoms with Crippen molar-refractivity contribution in [2.45, 2.75) is 6.54 Å². The molecule has 3 rings (SSSR count). The monoisotopic (exact) mass is 298 g/mol. The highest BCUT2D eigenvalue weighted by Crippen LogP contribution is 2.22. The number of nitrogens with zero attached hydrogens (tertiary/aromatic N) is 3. The van der Waals surface area contributed by atoms with Crippen LogP contribution in [0.15, 0.2) is 47.4 Å². The van der Waals surface area contributed by atoms with Crippen molar-refractivity contribution in [3.05, 3.63) is 52.9 Å². The van der Waals surface area contributed by atoms with Crippen molar-refractivity contribution >= 4 is 22.4 Å². The molecule has 3 aromatic rings. The number of benzene rings is 1. The maximum atomic E-state index is 11.3. The van der Waals surface area contributed by atoms with Gasteiger partial charge in [-0.05, 0) is 30.3 Å². The lowest BCUT2D eigenvalue weighted by atomic mass is 10.2. The van der Waals surface area contributed by atoms with E-state index >= 15 is 0 Å². The van der Waals surface area contributed by atoms with Gasteiger partial charge in [-0.1, -0.05) is 0 Å². The Morgan fingerprint density at radius 1 is 1.23 bits per heavy atom. The Balaban J connectivity index is 1.85. The lowest BCUT2D eigenvalue weighted by molar-refractivity contribution is 0.188. The summed E-state index contributed by atoms with van der Waals surface area (Å²) >= 11 is 0. The van der Waals surface area contributed by atoms with Gasteiger partial charge in [0.25, 0.3) is 5.56 Å². The quantitative estimate of drug-likeness (QED) is 0.784. The van der Waals surface area contributed by atoms with E-state index in [1.807, 2.05) is 6.07 Å². The number of hydrogen-bond donors (Lipinski definition) is 1. The van der Waals surface area contributed by atoms with Gasteiger partial charge in [-0.25, -0.2) is 4.68 Å². The molecule has 0 unspecified atom stereocenters. The van der Waals surface area contributed by atoms with Crippen molar-refractivity contribution in [1.82, 2.24) is 14.3 Å². The highest BCUT2D eigenvalue weighted by molar-refractivity contribution is 5.84. The fourth-order valence-corrected chi connectivity index (χ4v) is 2.38. The maximum absolute atomic E-state index is 11.3. The SMILES string of the molecule is COCCn1ccc2cc(Nc3ccc(=O)n(C)n3)ccc21. The van der Waals surface area contributed by atoms with Crippen LogP contribution in [-0.4, -0.2) is 28.1 Å². The number of hydrogen-bond acceptors (Lipinski definition) is 4. The van der Waals surface area contributed by atoms with Crippen LogP contribution in [0.3, 0.4) is 0 Å². The van der Waals surface area contributed by atoms with Crippen LogP contribution in [0, 0.1) is 0 Å². The third-order valence-corrected chi connectivity index (χ3v) is 3.54. The van der Waals surface area contributed by atoms with E-state index in [1.165, 1.54) is 10.7 Å². The molecule has 1 aromatic carbocycles. The van der Waals surface area contributed by atoms with E-state index in [4.69, 9.17) is 4.74 Å². The van der Waals surface area contributed by atoms with E-state index in [-0.39, 0.29) is 5.56 Å². The number of rotatable bonds is 5. The average molecular weight is 298 g/mol. The predicted molar refractivity (Wildman–Crippen MR) is 86.6 cm³/mol. The molecule has 0 saturated heterocycles. The molecule has 22 heavy (non-hydrogen) atoms. The first-order valence-corrected chi connectivity index (χ1v) is 7.06. The molecule has 0 fully saturated rings. The summed E-state index contributed by atoms with van der Waals surface area (Å²) in [6.45, 7) is 1.51. The molecule has 0 saturated carbocycles. The van der Waals surface area contributed by atoms with Gasteiger partial charge in [0, 0.05) is 49.6 Å². The molecule has 0 bridgehead atoms. The molecular weight excluding hydrogens is 280 g/mol. The molecule has 0 aliphatic rings. The van der Waals surface area contributed by atoms with Crippen LogP contribution in [0.25, 0.3) is 10.9 Å². The highest BCUT2D eigenvalue weighted by Gasteiger charge is 2.03. The highest BCUT2D eigenvalue weighted by atomic mass is 16.5. The van der Waals surface area contributed by atoms with E-state index in [0.717, 1.165) is 23.1 Å². The summed E-state index contributed by atoms with van der Waals surface area (Å²) in [5.74, 6) is 0.639. The van der Waals surface area contributed by atoms with Gasteiger partial charge < -0.3 is 14.6 Å². The zero-order chi connectivity index (χ0) is 15.5. The molecule has 0 spiro atoms. The number of aryl methyl sites for hydroxylation is 1. The average Bonchev–Trinajstić information content (AvgIpc) is 2.91. The van der Waals surface area contributed by atoms with Gasteiger partial charge in [0.15, 0.2) is 5.82 Å². The van der Waals surface area contributed by atoms with Crippen molar-refractivity contribution in [3.63, 3.8) is 0 Å². The largest absolute Gasteiger partial charge is 0.383 e. The molecule has 0 aliphatic carbocycles. The Kier molecular flexibility index (Phi) is 3.93. The van der Waals surface area contributed by atoms with Crippen molar-refractivity contribution < 1.29 is 4.74 Å². The molecule has 0 aliphatic heterocycles. The summed E-state index contributed by atoms with van der Waals surface area (Å²) < 4.78 is 8.59. The van der Waals surface area contributed by atoms with Gasteiger partial charge in [-0.2, -0.15) is 5.10 Å². The van der Waals surface area contributed by atoms with Crippen LogP contribution in [0.5, 0.6) is 0 Å². The van der Waals surface area contributed by atoms with Gasteiger partial charge >= 0.3 is 0 Å². The molecular formula is C16H18N4O2. The van der Waals surface area contributed by atoms with Crippen LogP contribution in [-0.2, 0) is 18.3 Å². The molecule has 2 aromatic heterocycles. The second kappa shape index (κ2) is 6.03. The minimum absolute atomic E-state index is 0.128. The van der Waals surface area contributed by atoms with E-state index in [0.29, 0.717) is 12.4 Å². The summed E-state index contributed by atoms with van der Waals surface area (Å²) in [6, 6.07) is 11.4. The van der Waals surface area contributed by atoms with E-state index < -0.39 is 0 Å². The molecule has 6 heteroatoms. The first-order chi connectivity index (χ1) is 10.7. The number of ether oxygens (including phenoxy) is 1. The molecule has 0 atom stereocenters. The van der Waals surface area contributed by atoms with Gasteiger partial charge in [-0.3, -0.25) is 4.79 Å². The third-order valence-electron chi connectivity index (χ3n) is 3.54. The van der Waals surface area contributed by atoms with Crippen molar-refractivity contribution in [3.8, 4) is 0 Å². The molecule has 0 amide bonds. The number of aromatic nitrogens is 3. The van der Waals surface area contributed by atoms with Crippen molar-refractivity contribution in [1.29, 1.82) is 0 Å². The Hall–Kier alpha value is -2.60. The van der Waals surface area contributed by atoms with E-state index in [9.17, 15) is 4.79 Å².